The van der Waals surface area contributed by atoms with Crippen molar-refractivity contribution in [3.63, 3.8) is 0 Å². The fourth-order valence-electron chi connectivity index (χ4n) is 1.74. The van der Waals surface area contributed by atoms with Gasteiger partial charge in [0.1, 0.15) is 0 Å². The minimum atomic E-state index is -4.36. The number of rotatable bonds is 10. The van der Waals surface area contributed by atoms with Gasteiger partial charge in [-0.1, -0.05) is 51.9 Å². The second-order valence-corrected chi connectivity index (χ2v) is 6.40. The van der Waals surface area contributed by atoms with E-state index in [1.807, 2.05) is 0 Å². The van der Waals surface area contributed by atoms with E-state index >= 15 is 0 Å². The van der Waals surface area contributed by atoms with Gasteiger partial charge < -0.3 is 9.66 Å². The molecule has 0 aromatic heterocycles. The largest absolute Gasteiger partial charge is 1.00 e. The van der Waals surface area contributed by atoms with Crippen LogP contribution in [0.15, 0.2) is 0 Å². The van der Waals surface area contributed by atoms with Crippen molar-refractivity contribution in [2.45, 2.75) is 76.6 Å². The Hall–Kier alpha value is 1.51. The summed E-state index contributed by atoms with van der Waals surface area (Å²) in [5.41, 5.74) is 0. The van der Waals surface area contributed by atoms with Crippen LogP contribution >= 0.6 is 0 Å². The topological polar surface area (TPSA) is 77.4 Å². The summed E-state index contributed by atoms with van der Waals surface area (Å²) in [5.74, 6) is 0. The summed E-state index contributed by atoms with van der Waals surface area (Å²) in [4.78, 5) is 0. The zero-order chi connectivity index (χ0) is 13.3. The zero-order valence-electron chi connectivity index (χ0n) is 11.9. The fraction of sp³-hybridized carbons (Fsp3) is 1.00. The maximum atomic E-state index is 10.7. The summed E-state index contributed by atoms with van der Waals surface area (Å²) in [6.45, 7) is 3.44. The van der Waals surface area contributed by atoms with Crippen molar-refractivity contribution in [3.8, 4) is 0 Å². The first kappa shape index (κ1) is 21.8. The third-order valence-electron chi connectivity index (χ3n) is 3.10. The number of hydrogen-bond acceptors (Lipinski definition) is 4. The second-order valence-electron chi connectivity index (χ2n) is 4.68. The Bertz CT molecular complexity index is 280. The van der Waals surface area contributed by atoms with E-state index in [0.29, 0.717) is 6.42 Å². The van der Waals surface area contributed by atoms with Gasteiger partial charge in [-0.3, -0.25) is 0 Å². The molecule has 104 valence electrons. The van der Waals surface area contributed by atoms with Crippen LogP contribution in [0, 0.1) is 0 Å². The molecule has 1 N–H and O–H groups in total. The van der Waals surface area contributed by atoms with Crippen molar-refractivity contribution < 1.29 is 69.5 Å². The van der Waals surface area contributed by atoms with Crippen molar-refractivity contribution in [2.75, 3.05) is 0 Å². The molecule has 0 radical (unpaired) electrons. The average Bonchev–Trinajstić information content (AvgIpc) is 2.25. The predicted octanol–water partition coefficient (Wildman–Crippen LogP) is -0.574. The van der Waals surface area contributed by atoms with E-state index in [4.69, 9.17) is 0 Å². The minimum absolute atomic E-state index is 0. The molecule has 18 heavy (non-hydrogen) atoms. The quantitative estimate of drug-likeness (QED) is 0.333. The van der Waals surface area contributed by atoms with Gasteiger partial charge in [0.05, 0.1) is 21.5 Å². The minimum Gasteiger partial charge on any atom is -0.748 e. The molecule has 4 nitrogen and oxygen atoms in total. The van der Waals surface area contributed by atoms with Crippen molar-refractivity contribution in [1.29, 1.82) is 0 Å². The molecule has 0 aromatic carbocycles. The fourth-order valence-corrected chi connectivity index (χ4v) is 2.26. The molecule has 2 atom stereocenters. The summed E-state index contributed by atoms with van der Waals surface area (Å²) < 4.78 is 32.0. The molecule has 0 saturated carbocycles. The molecule has 0 saturated heterocycles. The Morgan fingerprint density at radius 3 is 1.94 bits per heavy atom. The van der Waals surface area contributed by atoms with Crippen molar-refractivity contribution in [2.24, 2.45) is 0 Å². The van der Waals surface area contributed by atoms with Crippen molar-refractivity contribution in [3.05, 3.63) is 0 Å². The van der Waals surface area contributed by atoms with Gasteiger partial charge in [-0.05, 0) is 13.3 Å². The van der Waals surface area contributed by atoms with E-state index in [9.17, 15) is 18.1 Å². The zero-order valence-corrected chi connectivity index (χ0v) is 15.8. The van der Waals surface area contributed by atoms with Gasteiger partial charge in [-0.25, -0.2) is 8.42 Å². The van der Waals surface area contributed by atoms with E-state index in [1.165, 1.54) is 32.6 Å². The third kappa shape index (κ3) is 11.3. The molecule has 0 spiro atoms. The van der Waals surface area contributed by atoms with Gasteiger partial charge in [-0.15, -0.1) is 0 Å². The molecule has 0 aliphatic heterocycles. The molecule has 0 aromatic rings. The van der Waals surface area contributed by atoms with E-state index in [-0.39, 0.29) is 51.4 Å². The molecule has 6 heteroatoms. The van der Waals surface area contributed by atoms with Gasteiger partial charge >= 0.3 is 51.4 Å². The standard InChI is InChI=1S/C12H26O4S.K/c1-3-4-5-6-7-8-9-10-12(13)11(2)17(14,15)16;/h11-13H,3-10H2,1-2H3,(H,14,15,16);/q;+1/p-1. The van der Waals surface area contributed by atoms with Gasteiger partial charge in [0.15, 0.2) is 0 Å². The van der Waals surface area contributed by atoms with Crippen LogP contribution in [0.2, 0.25) is 0 Å². The Morgan fingerprint density at radius 1 is 1.06 bits per heavy atom. The molecule has 0 heterocycles. The predicted molar refractivity (Wildman–Crippen MR) is 67.8 cm³/mol. The summed E-state index contributed by atoms with van der Waals surface area (Å²) in [6, 6.07) is 0. The Balaban J connectivity index is 0. The maximum Gasteiger partial charge on any atom is 1.00 e. The summed E-state index contributed by atoms with van der Waals surface area (Å²) in [5, 5.41) is 8.32. The van der Waals surface area contributed by atoms with Crippen LogP contribution in [-0.4, -0.2) is 29.4 Å². The SMILES string of the molecule is CCCCCCCCCC(O)C(C)S(=O)(=O)[O-].[K+]. The Morgan fingerprint density at radius 2 is 1.50 bits per heavy atom. The average molecular weight is 304 g/mol. The molecule has 0 fully saturated rings. The molecule has 2 unspecified atom stereocenters. The van der Waals surface area contributed by atoms with Gasteiger partial charge in [0, 0.05) is 0 Å². The Kier molecular flexibility index (Phi) is 14.9. The number of hydrogen-bond donors (Lipinski definition) is 1. The molecule has 0 aliphatic rings. The van der Waals surface area contributed by atoms with E-state index < -0.39 is 21.5 Å². The van der Waals surface area contributed by atoms with Crippen molar-refractivity contribution >= 4 is 10.1 Å². The normalized spacial score (nSPS) is 14.9. The van der Waals surface area contributed by atoms with Crippen molar-refractivity contribution in [1.82, 2.24) is 0 Å². The van der Waals surface area contributed by atoms with Crippen LogP contribution in [-0.2, 0) is 10.1 Å². The molecular formula is C12H25KO4S. The van der Waals surface area contributed by atoms with E-state index in [2.05, 4.69) is 6.92 Å². The Labute approximate surface area is 154 Å². The monoisotopic (exact) mass is 304 g/mol. The van der Waals surface area contributed by atoms with Crippen LogP contribution in [0.3, 0.4) is 0 Å². The molecular weight excluding hydrogens is 279 g/mol. The van der Waals surface area contributed by atoms with E-state index in [1.54, 1.807) is 0 Å². The second kappa shape index (κ2) is 12.3. The number of aliphatic hydroxyl groups is 1. The number of unbranched alkanes of at least 4 members (excludes halogenated alkanes) is 6. The summed E-state index contributed by atoms with van der Waals surface area (Å²) in [6.07, 6.45) is 7.18. The third-order valence-corrected chi connectivity index (χ3v) is 4.33. The van der Waals surface area contributed by atoms with Crippen LogP contribution in [0.1, 0.15) is 65.2 Å². The van der Waals surface area contributed by atoms with Crippen LogP contribution in [0.4, 0.5) is 0 Å². The molecule has 0 rings (SSSR count). The molecule has 0 aliphatic carbocycles. The van der Waals surface area contributed by atoms with Crippen LogP contribution < -0.4 is 51.4 Å². The summed E-state index contributed by atoms with van der Waals surface area (Å²) >= 11 is 0. The maximum absolute atomic E-state index is 10.7. The van der Waals surface area contributed by atoms with Crippen LogP contribution in [0.25, 0.3) is 0 Å². The van der Waals surface area contributed by atoms with E-state index in [0.717, 1.165) is 19.3 Å². The summed E-state index contributed by atoms with van der Waals surface area (Å²) in [7, 11) is -4.36. The molecule has 0 amide bonds. The smallest absolute Gasteiger partial charge is 0.748 e. The first-order chi connectivity index (χ1) is 7.89. The first-order valence-corrected chi connectivity index (χ1v) is 7.99. The van der Waals surface area contributed by atoms with Gasteiger partial charge in [0.2, 0.25) is 0 Å². The van der Waals surface area contributed by atoms with Gasteiger partial charge in [0.25, 0.3) is 0 Å². The first-order valence-electron chi connectivity index (χ1n) is 6.52. The van der Waals surface area contributed by atoms with Gasteiger partial charge in [-0.2, -0.15) is 0 Å². The molecule has 0 bridgehead atoms. The van der Waals surface area contributed by atoms with Crippen LogP contribution in [0.5, 0.6) is 0 Å². The number of aliphatic hydroxyl groups excluding tert-OH is 1.